The molecule has 0 saturated heterocycles. The number of carbonyl (C=O) groups is 1. The molecule has 1 amide bonds. The SMILES string of the molecule is C=CC(=O)NCn1cc(-c2ccc3ncnc(Nc4ccc5c(cnn5Cc5cccc(F)c5)c4)c3c2)nn1. The number of amides is 1. The molecule has 10 nitrogen and oxygen atoms in total. The van der Waals surface area contributed by atoms with Crippen LogP contribution in [0.1, 0.15) is 5.56 Å². The summed E-state index contributed by atoms with van der Waals surface area (Å²) in [5, 5.41) is 20.6. The zero-order valence-electron chi connectivity index (χ0n) is 20.6. The molecule has 3 aromatic heterocycles. The maximum Gasteiger partial charge on any atom is 0.244 e. The van der Waals surface area contributed by atoms with E-state index in [1.807, 2.05) is 47.1 Å². The third-order valence-electron chi connectivity index (χ3n) is 6.20. The molecule has 0 radical (unpaired) electrons. The predicted octanol–water partition coefficient (Wildman–Crippen LogP) is 4.43. The Morgan fingerprint density at radius 1 is 1.08 bits per heavy atom. The second-order valence-electron chi connectivity index (χ2n) is 8.83. The molecule has 0 unspecified atom stereocenters. The Balaban J connectivity index is 1.25. The first-order chi connectivity index (χ1) is 19.1. The van der Waals surface area contributed by atoms with Crippen molar-refractivity contribution in [1.82, 2.24) is 40.1 Å². The van der Waals surface area contributed by atoms with Crippen molar-refractivity contribution in [2.75, 3.05) is 5.32 Å². The standard InChI is InChI=1S/C28H22FN9O/c1-2-27(39)32-17-37-15-25(35-36-37)19-6-8-24-23(12-19)28(31-16-30-24)34-22-7-9-26-20(11-22)13-33-38(26)14-18-4-3-5-21(29)10-18/h2-13,15-16H,1,14,17H2,(H,32,39)(H,30,31,34). The van der Waals surface area contributed by atoms with Gasteiger partial charge in [-0.3, -0.25) is 9.48 Å². The second kappa shape index (κ2) is 10.1. The Morgan fingerprint density at radius 3 is 2.87 bits per heavy atom. The molecule has 0 aliphatic carbocycles. The summed E-state index contributed by atoms with van der Waals surface area (Å²) in [5.41, 5.74) is 4.86. The summed E-state index contributed by atoms with van der Waals surface area (Å²) in [5.74, 6) is 0.0824. The van der Waals surface area contributed by atoms with Crippen molar-refractivity contribution in [3.05, 3.63) is 103 Å². The Labute approximate surface area is 221 Å². The molecule has 192 valence electrons. The zero-order chi connectivity index (χ0) is 26.8. The fourth-order valence-electron chi connectivity index (χ4n) is 4.29. The lowest BCUT2D eigenvalue weighted by Crippen LogP contribution is -2.24. The molecule has 11 heteroatoms. The molecule has 0 aliphatic rings. The summed E-state index contributed by atoms with van der Waals surface area (Å²) in [6, 6.07) is 18.2. The average molecular weight is 520 g/mol. The summed E-state index contributed by atoms with van der Waals surface area (Å²) in [7, 11) is 0. The van der Waals surface area contributed by atoms with Gasteiger partial charge in [-0.15, -0.1) is 5.10 Å². The van der Waals surface area contributed by atoms with E-state index in [1.165, 1.54) is 29.2 Å². The van der Waals surface area contributed by atoms with Gasteiger partial charge >= 0.3 is 0 Å². The third kappa shape index (κ3) is 5.05. The van der Waals surface area contributed by atoms with Crippen LogP contribution in [0.4, 0.5) is 15.9 Å². The van der Waals surface area contributed by atoms with Crippen LogP contribution in [0.15, 0.2) is 92.0 Å². The molecule has 0 fully saturated rings. The van der Waals surface area contributed by atoms with Gasteiger partial charge in [-0.2, -0.15) is 5.10 Å². The lowest BCUT2D eigenvalue weighted by Gasteiger charge is -2.10. The van der Waals surface area contributed by atoms with Crippen molar-refractivity contribution in [1.29, 1.82) is 0 Å². The largest absolute Gasteiger partial charge is 0.340 e. The highest BCUT2D eigenvalue weighted by molar-refractivity contribution is 5.94. The van der Waals surface area contributed by atoms with E-state index in [-0.39, 0.29) is 18.4 Å². The van der Waals surface area contributed by atoms with Gasteiger partial charge < -0.3 is 10.6 Å². The first-order valence-electron chi connectivity index (χ1n) is 12.1. The highest BCUT2D eigenvalue weighted by atomic mass is 19.1. The number of nitrogens with zero attached hydrogens (tertiary/aromatic N) is 7. The topological polar surface area (TPSA) is 115 Å². The smallest absolute Gasteiger partial charge is 0.244 e. The Hall–Kier alpha value is -5.45. The fourth-order valence-corrected chi connectivity index (χ4v) is 4.29. The molecular weight excluding hydrogens is 497 g/mol. The van der Waals surface area contributed by atoms with E-state index in [1.54, 1.807) is 18.5 Å². The maximum absolute atomic E-state index is 13.6. The number of hydrogen-bond acceptors (Lipinski definition) is 7. The number of carbonyl (C=O) groups excluding carboxylic acids is 1. The molecule has 6 rings (SSSR count). The van der Waals surface area contributed by atoms with E-state index in [9.17, 15) is 9.18 Å². The first kappa shape index (κ1) is 23.9. The fraction of sp³-hybridized carbons (Fsp3) is 0.0714. The van der Waals surface area contributed by atoms with Crippen LogP contribution in [-0.2, 0) is 18.0 Å². The van der Waals surface area contributed by atoms with Crippen LogP contribution in [0.3, 0.4) is 0 Å². The molecule has 2 N–H and O–H groups in total. The van der Waals surface area contributed by atoms with Gasteiger partial charge in [0.25, 0.3) is 0 Å². The van der Waals surface area contributed by atoms with E-state index in [4.69, 9.17) is 0 Å². The number of benzene rings is 3. The van der Waals surface area contributed by atoms with E-state index in [2.05, 4.69) is 42.6 Å². The van der Waals surface area contributed by atoms with Crippen molar-refractivity contribution in [3.63, 3.8) is 0 Å². The van der Waals surface area contributed by atoms with Crippen LogP contribution in [-0.4, -0.2) is 40.6 Å². The van der Waals surface area contributed by atoms with Gasteiger partial charge in [-0.25, -0.2) is 19.0 Å². The lowest BCUT2D eigenvalue weighted by atomic mass is 10.1. The van der Waals surface area contributed by atoms with Gasteiger partial charge in [0.05, 0.1) is 30.0 Å². The summed E-state index contributed by atoms with van der Waals surface area (Å²) < 4.78 is 17.0. The molecule has 3 aromatic carbocycles. The van der Waals surface area contributed by atoms with Crippen molar-refractivity contribution < 1.29 is 9.18 Å². The van der Waals surface area contributed by atoms with Crippen molar-refractivity contribution >= 4 is 39.2 Å². The van der Waals surface area contributed by atoms with E-state index in [0.717, 1.165) is 38.6 Å². The molecule has 0 saturated carbocycles. The number of nitrogens with one attached hydrogen (secondary N) is 2. The highest BCUT2D eigenvalue weighted by Gasteiger charge is 2.11. The molecule has 39 heavy (non-hydrogen) atoms. The van der Waals surface area contributed by atoms with E-state index < -0.39 is 0 Å². The van der Waals surface area contributed by atoms with Crippen LogP contribution < -0.4 is 10.6 Å². The van der Waals surface area contributed by atoms with Crippen LogP contribution in [0.5, 0.6) is 0 Å². The monoisotopic (exact) mass is 519 g/mol. The maximum atomic E-state index is 13.6. The summed E-state index contributed by atoms with van der Waals surface area (Å²) in [6.07, 6.45) is 6.25. The minimum atomic E-state index is -0.289. The third-order valence-corrected chi connectivity index (χ3v) is 6.20. The minimum Gasteiger partial charge on any atom is -0.340 e. The van der Waals surface area contributed by atoms with Gasteiger partial charge in [0.1, 0.15) is 30.3 Å². The number of fused-ring (bicyclic) bond motifs is 2. The van der Waals surface area contributed by atoms with Crippen molar-refractivity contribution in [2.24, 2.45) is 0 Å². The molecule has 0 aliphatic heterocycles. The molecule has 6 aromatic rings. The minimum absolute atomic E-state index is 0.183. The highest BCUT2D eigenvalue weighted by Crippen LogP contribution is 2.29. The number of aromatic nitrogens is 7. The van der Waals surface area contributed by atoms with Gasteiger partial charge in [0.15, 0.2) is 0 Å². The average Bonchev–Trinajstić information content (AvgIpc) is 3.59. The summed E-state index contributed by atoms with van der Waals surface area (Å²) in [4.78, 5) is 20.3. The number of halogens is 1. The van der Waals surface area contributed by atoms with Crippen LogP contribution in [0.2, 0.25) is 0 Å². The van der Waals surface area contributed by atoms with Gasteiger partial charge in [-0.1, -0.05) is 30.0 Å². The van der Waals surface area contributed by atoms with Crippen molar-refractivity contribution in [3.8, 4) is 11.3 Å². The predicted molar refractivity (Wildman–Crippen MR) is 145 cm³/mol. The van der Waals surface area contributed by atoms with Crippen LogP contribution in [0.25, 0.3) is 33.1 Å². The quantitative estimate of drug-likeness (QED) is 0.286. The zero-order valence-corrected chi connectivity index (χ0v) is 20.6. The van der Waals surface area contributed by atoms with E-state index >= 15 is 0 Å². The first-order valence-corrected chi connectivity index (χ1v) is 12.1. The lowest BCUT2D eigenvalue weighted by molar-refractivity contribution is -0.117. The molecule has 0 atom stereocenters. The Kier molecular flexibility index (Phi) is 6.21. The molecule has 0 bridgehead atoms. The van der Waals surface area contributed by atoms with Crippen LogP contribution >= 0.6 is 0 Å². The number of hydrogen-bond donors (Lipinski definition) is 2. The Morgan fingerprint density at radius 2 is 2.00 bits per heavy atom. The Bertz CT molecular complexity index is 1840. The van der Waals surface area contributed by atoms with Gasteiger partial charge in [0.2, 0.25) is 5.91 Å². The van der Waals surface area contributed by atoms with Gasteiger partial charge in [0, 0.05) is 22.0 Å². The molecular formula is C28H22FN9O. The normalized spacial score (nSPS) is 11.1. The van der Waals surface area contributed by atoms with Crippen LogP contribution in [0, 0.1) is 5.82 Å². The van der Waals surface area contributed by atoms with Crippen molar-refractivity contribution in [2.45, 2.75) is 13.2 Å². The van der Waals surface area contributed by atoms with E-state index in [0.29, 0.717) is 18.1 Å². The summed E-state index contributed by atoms with van der Waals surface area (Å²) in [6.45, 7) is 4.09. The number of anilines is 2. The number of rotatable bonds is 8. The molecule has 0 spiro atoms. The second-order valence-corrected chi connectivity index (χ2v) is 8.83. The summed E-state index contributed by atoms with van der Waals surface area (Å²) >= 11 is 0. The van der Waals surface area contributed by atoms with Gasteiger partial charge in [-0.05, 0) is 54.1 Å². The molecule has 3 heterocycles.